The number of halogens is 4. The third kappa shape index (κ3) is 3.03. The van der Waals surface area contributed by atoms with E-state index in [9.17, 15) is 17.2 Å². The van der Waals surface area contributed by atoms with Gasteiger partial charge in [-0.2, -0.15) is 0 Å². The highest BCUT2D eigenvalue weighted by molar-refractivity contribution is 7.92. The lowest BCUT2D eigenvalue weighted by molar-refractivity contribution is 0.504. The highest BCUT2D eigenvalue weighted by Crippen LogP contribution is 2.31. The van der Waals surface area contributed by atoms with Crippen LogP contribution in [0.15, 0.2) is 41.3 Å². The second-order valence-electron chi connectivity index (χ2n) is 3.78. The minimum atomic E-state index is -4.09. The lowest BCUT2D eigenvalue weighted by Crippen LogP contribution is -2.13. The van der Waals surface area contributed by atoms with E-state index in [1.54, 1.807) is 0 Å². The Morgan fingerprint density at radius 2 is 1.70 bits per heavy atom. The fraction of sp³-hybridized carbons (Fsp3) is 0. The standard InChI is InChI=1S/C12H7Cl2F2NO2S/c13-8-2-1-3-11(12(8)14)17-20(18,19)7-4-5-9(15)10(16)6-7/h1-6,17H. The van der Waals surface area contributed by atoms with Crippen LogP contribution in [0.2, 0.25) is 10.0 Å². The first-order valence-corrected chi connectivity index (χ1v) is 7.47. The molecule has 0 amide bonds. The SMILES string of the molecule is O=S(=O)(Nc1cccc(Cl)c1Cl)c1ccc(F)c(F)c1. The van der Waals surface area contributed by atoms with Gasteiger partial charge in [-0.1, -0.05) is 29.3 Å². The highest BCUT2D eigenvalue weighted by Gasteiger charge is 2.18. The van der Waals surface area contributed by atoms with Crippen molar-refractivity contribution in [3.05, 3.63) is 58.1 Å². The van der Waals surface area contributed by atoms with Crippen molar-refractivity contribution < 1.29 is 17.2 Å². The predicted octanol–water partition coefficient (Wildman–Crippen LogP) is 4.07. The molecule has 2 rings (SSSR count). The summed E-state index contributed by atoms with van der Waals surface area (Å²) in [5.41, 5.74) is 0.0453. The van der Waals surface area contributed by atoms with E-state index < -0.39 is 26.6 Å². The number of nitrogens with one attached hydrogen (secondary N) is 1. The average molecular weight is 338 g/mol. The Labute approximate surface area is 124 Å². The second kappa shape index (κ2) is 5.55. The van der Waals surface area contributed by atoms with Gasteiger partial charge in [-0.3, -0.25) is 4.72 Å². The number of hydrogen-bond acceptors (Lipinski definition) is 2. The van der Waals surface area contributed by atoms with Crippen LogP contribution in [0.4, 0.5) is 14.5 Å². The smallest absolute Gasteiger partial charge is 0.262 e. The molecule has 0 saturated carbocycles. The minimum Gasteiger partial charge on any atom is -0.278 e. The van der Waals surface area contributed by atoms with Gasteiger partial charge in [-0.15, -0.1) is 0 Å². The van der Waals surface area contributed by atoms with Crippen molar-refractivity contribution in [3.8, 4) is 0 Å². The van der Waals surface area contributed by atoms with Crippen molar-refractivity contribution >= 4 is 38.9 Å². The van der Waals surface area contributed by atoms with Crippen molar-refractivity contribution in [1.82, 2.24) is 0 Å². The van der Waals surface area contributed by atoms with E-state index in [4.69, 9.17) is 23.2 Å². The molecule has 1 N–H and O–H groups in total. The molecule has 0 unspecified atom stereocenters. The number of hydrogen-bond donors (Lipinski definition) is 1. The van der Waals surface area contributed by atoms with Crippen LogP contribution in [-0.4, -0.2) is 8.42 Å². The predicted molar refractivity (Wildman–Crippen MR) is 73.6 cm³/mol. The Kier molecular flexibility index (Phi) is 4.17. The van der Waals surface area contributed by atoms with Crippen LogP contribution < -0.4 is 4.72 Å². The molecule has 0 fully saturated rings. The number of sulfonamides is 1. The minimum absolute atomic E-state index is 0.0142. The van der Waals surface area contributed by atoms with E-state index in [1.807, 2.05) is 0 Å². The summed E-state index contributed by atoms with van der Waals surface area (Å²) < 4.78 is 52.1. The monoisotopic (exact) mass is 337 g/mol. The molecule has 0 saturated heterocycles. The quantitative estimate of drug-likeness (QED) is 0.917. The Hall–Kier alpha value is -1.37. The van der Waals surface area contributed by atoms with Gasteiger partial charge in [0.15, 0.2) is 11.6 Å². The van der Waals surface area contributed by atoms with Gasteiger partial charge in [-0.05, 0) is 30.3 Å². The van der Waals surface area contributed by atoms with Gasteiger partial charge in [0, 0.05) is 0 Å². The van der Waals surface area contributed by atoms with Crippen LogP contribution in [0.1, 0.15) is 0 Å². The van der Waals surface area contributed by atoms with Crippen molar-refractivity contribution in [1.29, 1.82) is 0 Å². The first kappa shape index (κ1) is 15.0. The van der Waals surface area contributed by atoms with Crippen molar-refractivity contribution in [2.24, 2.45) is 0 Å². The van der Waals surface area contributed by atoms with Gasteiger partial charge in [0.05, 0.1) is 20.6 Å². The van der Waals surface area contributed by atoms with E-state index in [2.05, 4.69) is 4.72 Å². The topological polar surface area (TPSA) is 46.2 Å². The molecule has 0 aliphatic carbocycles. The van der Waals surface area contributed by atoms with Gasteiger partial charge in [0.1, 0.15) is 0 Å². The van der Waals surface area contributed by atoms with E-state index in [1.165, 1.54) is 18.2 Å². The van der Waals surface area contributed by atoms with E-state index >= 15 is 0 Å². The highest BCUT2D eigenvalue weighted by atomic mass is 35.5. The average Bonchev–Trinajstić information content (AvgIpc) is 2.38. The molecule has 106 valence electrons. The summed E-state index contributed by atoms with van der Waals surface area (Å²) in [4.78, 5) is -0.424. The normalized spacial score (nSPS) is 11.4. The molecule has 20 heavy (non-hydrogen) atoms. The number of rotatable bonds is 3. The summed E-state index contributed by atoms with van der Waals surface area (Å²) in [5.74, 6) is -2.39. The van der Waals surface area contributed by atoms with Crippen LogP contribution in [0.5, 0.6) is 0 Å². The Bertz CT molecular complexity index is 766. The van der Waals surface area contributed by atoms with Crippen LogP contribution in [0.25, 0.3) is 0 Å². The molecular formula is C12H7Cl2F2NO2S. The first-order chi connectivity index (χ1) is 9.31. The van der Waals surface area contributed by atoms with Crippen LogP contribution >= 0.6 is 23.2 Å². The molecule has 0 spiro atoms. The molecule has 0 radical (unpaired) electrons. The zero-order chi connectivity index (χ0) is 14.9. The molecule has 2 aromatic rings. The fourth-order valence-corrected chi connectivity index (χ4v) is 2.92. The van der Waals surface area contributed by atoms with Crippen molar-refractivity contribution in [3.63, 3.8) is 0 Å². The fourth-order valence-electron chi connectivity index (χ4n) is 1.43. The zero-order valence-electron chi connectivity index (χ0n) is 9.70. The van der Waals surface area contributed by atoms with Crippen LogP contribution in [0, 0.1) is 11.6 Å². The molecule has 8 heteroatoms. The van der Waals surface area contributed by atoms with Crippen LogP contribution in [-0.2, 0) is 10.0 Å². The molecule has 2 aromatic carbocycles. The van der Waals surface area contributed by atoms with E-state index in [-0.39, 0.29) is 15.7 Å². The molecule has 0 atom stereocenters. The third-order valence-electron chi connectivity index (χ3n) is 2.40. The Morgan fingerprint density at radius 1 is 1.00 bits per heavy atom. The maximum absolute atomic E-state index is 13.1. The first-order valence-electron chi connectivity index (χ1n) is 5.23. The molecule has 0 heterocycles. The van der Waals surface area contributed by atoms with Crippen LogP contribution in [0.3, 0.4) is 0 Å². The maximum Gasteiger partial charge on any atom is 0.262 e. The lowest BCUT2D eigenvalue weighted by Gasteiger charge is -2.10. The molecule has 0 aliphatic heterocycles. The lowest BCUT2D eigenvalue weighted by atomic mass is 10.3. The zero-order valence-corrected chi connectivity index (χ0v) is 12.0. The van der Waals surface area contributed by atoms with Gasteiger partial charge in [-0.25, -0.2) is 17.2 Å². The molecule has 0 aliphatic rings. The van der Waals surface area contributed by atoms with Crippen molar-refractivity contribution in [2.45, 2.75) is 4.90 Å². The molecule has 0 bridgehead atoms. The van der Waals surface area contributed by atoms with Gasteiger partial charge in [0.25, 0.3) is 10.0 Å². The Morgan fingerprint density at radius 3 is 2.35 bits per heavy atom. The summed E-state index contributed by atoms with van der Waals surface area (Å²) in [6.07, 6.45) is 0. The van der Waals surface area contributed by atoms with E-state index in [0.717, 1.165) is 12.1 Å². The number of anilines is 1. The summed E-state index contributed by atoms with van der Waals surface area (Å²) in [7, 11) is -4.09. The molecular weight excluding hydrogens is 331 g/mol. The third-order valence-corrected chi connectivity index (χ3v) is 4.58. The van der Waals surface area contributed by atoms with Gasteiger partial charge < -0.3 is 0 Å². The Balaban J connectivity index is 2.41. The van der Waals surface area contributed by atoms with E-state index in [0.29, 0.717) is 6.07 Å². The number of benzene rings is 2. The summed E-state index contributed by atoms with van der Waals surface area (Å²) in [5, 5.41) is 0.178. The van der Waals surface area contributed by atoms with Crippen molar-refractivity contribution in [2.75, 3.05) is 4.72 Å². The molecule has 3 nitrogen and oxygen atoms in total. The van der Waals surface area contributed by atoms with Gasteiger partial charge >= 0.3 is 0 Å². The largest absolute Gasteiger partial charge is 0.278 e. The summed E-state index contributed by atoms with van der Waals surface area (Å²) >= 11 is 11.6. The van der Waals surface area contributed by atoms with Gasteiger partial charge in [0.2, 0.25) is 0 Å². The second-order valence-corrected chi connectivity index (χ2v) is 6.25. The maximum atomic E-state index is 13.1. The summed E-state index contributed by atoms with van der Waals surface area (Å²) in [6.45, 7) is 0. The molecule has 0 aromatic heterocycles. The summed E-state index contributed by atoms with van der Waals surface area (Å²) in [6, 6.07) is 6.63.